The zero-order valence-corrected chi connectivity index (χ0v) is 12.8. The van der Waals surface area contributed by atoms with Crippen LogP contribution in [0, 0.1) is 20.8 Å². The van der Waals surface area contributed by atoms with E-state index in [1.165, 1.54) is 0 Å². The molecule has 0 amide bonds. The Kier molecular flexibility index (Phi) is 4.60. The summed E-state index contributed by atoms with van der Waals surface area (Å²) >= 11 is 0. The van der Waals surface area contributed by atoms with Crippen LogP contribution in [0.25, 0.3) is 0 Å². The van der Waals surface area contributed by atoms with Crippen molar-refractivity contribution < 1.29 is 14.6 Å². The van der Waals surface area contributed by atoms with Gasteiger partial charge in [-0.2, -0.15) is 0 Å². The summed E-state index contributed by atoms with van der Waals surface area (Å²) in [4.78, 5) is 29.4. The molecule has 2 aromatic rings. The molecule has 0 fully saturated rings. The Bertz CT molecular complexity index is 765. The highest BCUT2D eigenvalue weighted by atomic mass is 16.5. The predicted octanol–water partition coefficient (Wildman–Crippen LogP) is 1.90. The third-order valence-electron chi connectivity index (χ3n) is 3.29. The summed E-state index contributed by atoms with van der Waals surface area (Å²) < 4.78 is 5.66. The van der Waals surface area contributed by atoms with Crippen LogP contribution in [0.15, 0.2) is 23.0 Å². The number of aromatic amines is 1. The molecule has 6 heteroatoms. The number of H-pyrrole nitrogens is 1. The summed E-state index contributed by atoms with van der Waals surface area (Å²) in [5, 5.41) is 8.78. The molecule has 0 saturated heterocycles. The van der Waals surface area contributed by atoms with Crippen molar-refractivity contribution in [3.63, 3.8) is 0 Å². The number of carboxylic acids is 1. The predicted molar refractivity (Wildman–Crippen MR) is 81.2 cm³/mol. The van der Waals surface area contributed by atoms with Crippen molar-refractivity contribution in [3.05, 3.63) is 56.8 Å². The highest BCUT2D eigenvalue weighted by Crippen LogP contribution is 2.19. The first-order valence-electron chi connectivity index (χ1n) is 6.87. The number of ether oxygens (including phenoxy) is 1. The van der Waals surface area contributed by atoms with E-state index in [9.17, 15) is 9.59 Å². The molecule has 1 aromatic carbocycles. The number of rotatable bonds is 5. The molecule has 0 atom stereocenters. The van der Waals surface area contributed by atoms with Crippen LogP contribution in [0.4, 0.5) is 0 Å². The summed E-state index contributed by atoms with van der Waals surface area (Å²) in [6.07, 6.45) is -0.341. The Morgan fingerprint density at radius 1 is 1.32 bits per heavy atom. The maximum absolute atomic E-state index is 11.9. The fraction of sp³-hybridized carbons (Fsp3) is 0.312. The van der Waals surface area contributed by atoms with Crippen LogP contribution < -0.4 is 10.3 Å². The van der Waals surface area contributed by atoms with Gasteiger partial charge in [-0.3, -0.25) is 9.59 Å². The molecule has 0 radical (unpaired) electrons. The molecule has 2 rings (SSSR count). The van der Waals surface area contributed by atoms with Gasteiger partial charge < -0.3 is 14.8 Å². The lowest BCUT2D eigenvalue weighted by atomic mass is 10.1. The minimum Gasteiger partial charge on any atom is -0.485 e. The smallest absolute Gasteiger partial charge is 0.308 e. The number of aryl methyl sites for hydroxylation is 3. The number of hydrogen-bond donors (Lipinski definition) is 2. The zero-order valence-electron chi connectivity index (χ0n) is 12.8. The van der Waals surface area contributed by atoms with E-state index in [4.69, 9.17) is 9.84 Å². The molecule has 1 heterocycles. The van der Waals surface area contributed by atoms with E-state index in [1.54, 1.807) is 6.92 Å². The van der Waals surface area contributed by atoms with Gasteiger partial charge in [0.25, 0.3) is 5.56 Å². The highest BCUT2D eigenvalue weighted by molar-refractivity contribution is 5.70. The zero-order chi connectivity index (χ0) is 16.3. The van der Waals surface area contributed by atoms with Gasteiger partial charge in [-0.15, -0.1) is 0 Å². The molecule has 2 N–H and O–H groups in total. The molecule has 0 bridgehead atoms. The molecular formula is C16H18N2O4. The molecule has 6 nitrogen and oxygen atoms in total. The quantitative estimate of drug-likeness (QED) is 0.880. The van der Waals surface area contributed by atoms with Gasteiger partial charge in [0.2, 0.25) is 0 Å². The number of nitrogens with zero attached hydrogens (tertiary/aromatic N) is 1. The van der Waals surface area contributed by atoms with Crippen molar-refractivity contribution >= 4 is 5.97 Å². The van der Waals surface area contributed by atoms with E-state index in [-0.39, 0.29) is 18.6 Å². The van der Waals surface area contributed by atoms with Crippen molar-refractivity contribution in [2.45, 2.75) is 33.8 Å². The second-order valence-corrected chi connectivity index (χ2v) is 5.20. The normalized spacial score (nSPS) is 10.5. The van der Waals surface area contributed by atoms with E-state index in [1.807, 2.05) is 32.0 Å². The van der Waals surface area contributed by atoms with Crippen LogP contribution in [0.5, 0.6) is 5.75 Å². The topological polar surface area (TPSA) is 92.3 Å². The lowest BCUT2D eigenvalue weighted by molar-refractivity contribution is -0.136. The van der Waals surface area contributed by atoms with Crippen LogP contribution in [0.2, 0.25) is 0 Å². The van der Waals surface area contributed by atoms with Crippen LogP contribution in [-0.2, 0) is 17.8 Å². The summed E-state index contributed by atoms with van der Waals surface area (Å²) in [6, 6.07) is 5.82. The molecule has 1 aromatic heterocycles. The third-order valence-corrected chi connectivity index (χ3v) is 3.29. The summed E-state index contributed by atoms with van der Waals surface area (Å²) in [5.41, 5.74) is 2.29. The van der Waals surface area contributed by atoms with E-state index in [0.29, 0.717) is 11.5 Å². The molecule has 0 saturated carbocycles. The van der Waals surface area contributed by atoms with Gasteiger partial charge in [0.15, 0.2) is 0 Å². The number of benzene rings is 1. The van der Waals surface area contributed by atoms with E-state index < -0.39 is 11.5 Å². The second kappa shape index (κ2) is 6.43. The van der Waals surface area contributed by atoms with Gasteiger partial charge in [0, 0.05) is 11.3 Å². The molecule has 0 aliphatic carbocycles. The molecular weight excluding hydrogens is 284 g/mol. The fourth-order valence-electron chi connectivity index (χ4n) is 2.20. The number of nitrogens with one attached hydrogen (secondary N) is 1. The summed E-state index contributed by atoms with van der Waals surface area (Å²) in [7, 11) is 0. The summed E-state index contributed by atoms with van der Waals surface area (Å²) in [6.45, 7) is 5.68. The molecule has 0 spiro atoms. The van der Waals surface area contributed by atoms with Crippen molar-refractivity contribution in [2.24, 2.45) is 0 Å². The van der Waals surface area contributed by atoms with Gasteiger partial charge in [-0.1, -0.05) is 17.7 Å². The van der Waals surface area contributed by atoms with Gasteiger partial charge in [0.1, 0.15) is 18.2 Å². The Hall–Kier alpha value is -2.63. The number of aromatic nitrogens is 2. The van der Waals surface area contributed by atoms with Gasteiger partial charge in [-0.25, -0.2) is 4.98 Å². The Balaban J connectivity index is 2.17. The van der Waals surface area contributed by atoms with Crippen molar-refractivity contribution in [1.29, 1.82) is 0 Å². The minimum absolute atomic E-state index is 0.118. The average molecular weight is 302 g/mol. The second-order valence-electron chi connectivity index (χ2n) is 5.20. The van der Waals surface area contributed by atoms with E-state index >= 15 is 0 Å². The largest absolute Gasteiger partial charge is 0.485 e. The minimum atomic E-state index is -1.06. The number of hydrogen-bond acceptors (Lipinski definition) is 4. The Labute approximate surface area is 127 Å². The maximum Gasteiger partial charge on any atom is 0.308 e. The van der Waals surface area contributed by atoms with Crippen LogP contribution in [0.3, 0.4) is 0 Å². The fourth-order valence-corrected chi connectivity index (χ4v) is 2.20. The third kappa shape index (κ3) is 3.72. The standard InChI is InChI=1S/C16H18N2O4/c1-9-4-5-13(10(2)6-9)22-8-14-17-11(3)12(7-15(19)20)16(21)18-14/h4-6H,7-8H2,1-3H3,(H,19,20)(H,17,18,21). The molecule has 22 heavy (non-hydrogen) atoms. The average Bonchev–Trinajstić information content (AvgIpc) is 2.41. The molecule has 116 valence electrons. The van der Waals surface area contributed by atoms with E-state index in [2.05, 4.69) is 9.97 Å². The first-order valence-corrected chi connectivity index (χ1v) is 6.87. The van der Waals surface area contributed by atoms with Gasteiger partial charge >= 0.3 is 5.97 Å². The summed E-state index contributed by atoms with van der Waals surface area (Å²) in [5.74, 6) is 0.0341. The maximum atomic E-state index is 11.9. The first kappa shape index (κ1) is 15.8. The van der Waals surface area contributed by atoms with Crippen molar-refractivity contribution in [2.75, 3.05) is 0 Å². The van der Waals surface area contributed by atoms with Gasteiger partial charge in [-0.05, 0) is 32.4 Å². The van der Waals surface area contributed by atoms with Crippen LogP contribution in [0.1, 0.15) is 28.2 Å². The van der Waals surface area contributed by atoms with Crippen molar-refractivity contribution in [3.8, 4) is 5.75 Å². The molecule has 0 aliphatic heterocycles. The monoisotopic (exact) mass is 302 g/mol. The number of aliphatic carboxylic acids is 1. The molecule has 0 aliphatic rings. The van der Waals surface area contributed by atoms with Crippen LogP contribution in [-0.4, -0.2) is 21.0 Å². The number of carbonyl (C=O) groups is 1. The van der Waals surface area contributed by atoms with Crippen LogP contribution >= 0.6 is 0 Å². The Morgan fingerprint density at radius 2 is 2.05 bits per heavy atom. The molecule has 0 unspecified atom stereocenters. The highest BCUT2D eigenvalue weighted by Gasteiger charge is 2.12. The van der Waals surface area contributed by atoms with Gasteiger partial charge in [0.05, 0.1) is 6.42 Å². The first-order chi connectivity index (χ1) is 10.4. The SMILES string of the molecule is Cc1ccc(OCc2nc(C)c(CC(=O)O)c(=O)[nH]2)c(C)c1. The lowest BCUT2D eigenvalue weighted by Gasteiger charge is -2.10. The Morgan fingerprint density at radius 3 is 2.64 bits per heavy atom. The van der Waals surface area contributed by atoms with E-state index in [0.717, 1.165) is 16.9 Å². The lowest BCUT2D eigenvalue weighted by Crippen LogP contribution is -2.22. The van der Waals surface area contributed by atoms with Crippen molar-refractivity contribution in [1.82, 2.24) is 9.97 Å². The number of carboxylic acid groups (broad SMARTS) is 1.